The van der Waals surface area contributed by atoms with Crippen molar-refractivity contribution < 1.29 is 14.3 Å². The molecule has 21 heavy (non-hydrogen) atoms. The SMILES string of the molecule is CCCCNCC(=O)Nc1ccc(C(=O)OCCC)cc1. The van der Waals surface area contributed by atoms with Crippen molar-refractivity contribution in [1.82, 2.24) is 5.32 Å². The van der Waals surface area contributed by atoms with Gasteiger partial charge in [-0.3, -0.25) is 4.79 Å². The molecule has 0 aliphatic heterocycles. The summed E-state index contributed by atoms with van der Waals surface area (Å²) in [5.74, 6) is -0.427. The third kappa shape index (κ3) is 6.90. The van der Waals surface area contributed by atoms with Gasteiger partial charge in [0.25, 0.3) is 0 Å². The Balaban J connectivity index is 2.39. The maximum Gasteiger partial charge on any atom is 0.338 e. The monoisotopic (exact) mass is 292 g/mol. The van der Waals surface area contributed by atoms with Gasteiger partial charge in [0, 0.05) is 5.69 Å². The highest BCUT2D eigenvalue weighted by molar-refractivity contribution is 5.93. The van der Waals surface area contributed by atoms with Gasteiger partial charge in [-0.05, 0) is 43.7 Å². The van der Waals surface area contributed by atoms with Gasteiger partial charge < -0.3 is 15.4 Å². The van der Waals surface area contributed by atoms with Crippen LogP contribution in [-0.4, -0.2) is 31.6 Å². The minimum absolute atomic E-state index is 0.0904. The van der Waals surface area contributed by atoms with E-state index in [1.807, 2.05) is 6.92 Å². The van der Waals surface area contributed by atoms with Crippen LogP contribution in [0.1, 0.15) is 43.5 Å². The quantitative estimate of drug-likeness (QED) is 0.542. The Bertz CT molecular complexity index is 443. The second kappa shape index (κ2) is 9.94. The molecule has 0 aliphatic rings. The molecule has 0 unspecified atom stereocenters. The lowest BCUT2D eigenvalue weighted by atomic mass is 10.2. The van der Waals surface area contributed by atoms with Gasteiger partial charge in [0.15, 0.2) is 0 Å². The van der Waals surface area contributed by atoms with Crippen LogP contribution in [0.15, 0.2) is 24.3 Å². The number of rotatable bonds is 9. The number of esters is 1. The molecule has 0 fully saturated rings. The number of carbonyl (C=O) groups is 2. The second-order valence-electron chi connectivity index (χ2n) is 4.79. The van der Waals surface area contributed by atoms with Gasteiger partial charge in [-0.2, -0.15) is 0 Å². The molecule has 0 atom stereocenters. The van der Waals surface area contributed by atoms with E-state index >= 15 is 0 Å². The topological polar surface area (TPSA) is 67.4 Å². The first-order valence-electron chi connectivity index (χ1n) is 7.45. The molecule has 5 nitrogen and oxygen atoms in total. The largest absolute Gasteiger partial charge is 0.462 e. The molecule has 0 aliphatic carbocycles. The van der Waals surface area contributed by atoms with E-state index in [0.717, 1.165) is 25.8 Å². The summed E-state index contributed by atoms with van der Waals surface area (Å²) in [4.78, 5) is 23.3. The van der Waals surface area contributed by atoms with Gasteiger partial charge in [-0.15, -0.1) is 0 Å². The first-order valence-corrected chi connectivity index (χ1v) is 7.45. The minimum atomic E-state index is -0.337. The molecule has 116 valence electrons. The van der Waals surface area contributed by atoms with Crippen LogP contribution in [-0.2, 0) is 9.53 Å². The molecular formula is C16H24N2O3. The van der Waals surface area contributed by atoms with Crippen molar-refractivity contribution in [3.63, 3.8) is 0 Å². The van der Waals surface area contributed by atoms with Crippen LogP contribution < -0.4 is 10.6 Å². The number of hydrogen-bond acceptors (Lipinski definition) is 4. The average Bonchev–Trinajstić information content (AvgIpc) is 2.50. The molecular weight excluding hydrogens is 268 g/mol. The third-order valence-electron chi connectivity index (χ3n) is 2.83. The fourth-order valence-electron chi connectivity index (χ4n) is 1.68. The van der Waals surface area contributed by atoms with Gasteiger partial charge in [0.2, 0.25) is 5.91 Å². The van der Waals surface area contributed by atoms with Crippen LogP contribution in [0.4, 0.5) is 5.69 Å². The minimum Gasteiger partial charge on any atom is -0.462 e. The summed E-state index contributed by atoms with van der Waals surface area (Å²) in [5.41, 5.74) is 1.16. The summed E-state index contributed by atoms with van der Waals surface area (Å²) in [7, 11) is 0. The van der Waals surface area contributed by atoms with E-state index in [-0.39, 0.29) is 11.9 Å². The Kier molecular flexibility index (Phi) is 8.12. The number of anilines is 1. The highest BCUT2D eigenvalue weighted by Gasteiger charge is 2.07. The maximum atomic E-state index is 11.7. The van der Waals surface area contributed by atoms with Crippen LogP contribution in [0.2, 0.25) is 0 Å². The van der Waals surface area contributed by atoms with Crippen LogP contribution in [0.25, 0.3) is 0 Å². The molecule has 1 aromatic rings. The van der Waals surface area contributed by atoms with E-state index < -0.39 is 0 Å². The third-order valence-corrected chi connectivity index (χ3v) is 2.83. The van der Waals surface area contributed by atoms with Gasteiger partial charge in [-0.25, -0.2) is 4.79 Å². The number of nitrogens with one attached hydrogen (secondary N) is 2. The lowest BCUT2D eigenvalue weighted by molar-refractivity contribution is -0.115. The highest BCUT2D eigenvalue weighted by Crippen LogP contribution is 2.10. The lowest BCUT2D eigenvalue weighted by Gasteiger charge is -2.07. The molecule has 1 rings (SSSR count). The number of benzene rings is 1. The van der Waals surface area contributed by atoms with Crippen LogP contribution >= 0.6 is 0 Å². The zero-order chi connectivity index (χ0) is 15.5. The average molecular weight is 292 g/mol. The Hall–Kier alpha value is -1.88. The fraction of sp³-hybridized carbons (Fsp3) is 0.500. The molecule has 0 heterocycles. The Morgan fingerprint density at radius 3 is 2.43 bits per heavy atom. The van der Waals surface area contributed by atoms with E-state index in [1.165, 1.54) is 0 Å². The Labute approximate surface area is 126 Å². The number of carbonyl (C=O) groups excluding carboxylic acids is 2. The predicted molar refractivity (Wildman–Crippen MR) is 83.4 cm³/mol. The van der Waals surface area contributed by atoms with Crippen LogP contribution in [0, 0.1) is 0 Å². The van der Waals surface area contributed by atoms with Gasteiger partial charge >= 0.3 is 5.97 Å². The summed E-state index contributed by atoms with van der Waals surface area (Å²) >= 11 is 0. The van der Waals surface area contributed by atoms with Gasteiger partial charge in [0.05, 0.1) is 18.7 Å². The van der Waals surface area contributed by atoms with Crippen molar-refractivity contribution in [3.8, 4) is 0 Å². The molecule has 0 saturated heterocycles. The molecule has 0 spiro atoms. The molecule has 0 aromatic heterocycles. The lowest BCUT2D eigenvalue weighted by Crippen LogP contribution is -2.28. The van der Waals surface area contributed by atoms with E-state index in [0.29, 0.717) is 24.4 Å². The van der Waals surface area contributed by atoms with Crippen molar-refractivity contribution in [2.45, 2.75) is 33.1 Å². The Morgan fingerprint density at radius 1 is 1.10 bits per heavy atom. The molecule has 1 amide bonds. The summed E-state index contributed by atoms with van der Waals surface area (Å²) < 4.78 is 5.04. The highest BCUT2D eigenvalue weighted by atomic mass is 16.5. The zero-order valence-corrected chi connectivity index (χ0v) is 12.8. The maximum absolute atomic E-state index is 11.7. The number of unbranched alkanes of at least 4 members (excludes halogenated alkanes) is 1. The van der Waals surface area contributed by atoms with Crippen molar-refractivity contribution in [2.75, 3.05) is 25.0 Å². The molecule has 0 bridgehead atoms. The van der Waals surface area contributed by atoms with Crippen molar-refractivity contribution in [3.05, 3.63) is 29.8 Å². The summed E-state index contributed by atoms with van der Waals surface area (Å²) in [6, 6.07) is 6.70. The summed E-state index contributed by atoms with van der Waals surface area (Å²) in [6.07, 6.45) is 2.96. The zero-order valence-electron chi connectivity index (χ0n) is 12.8. The van der Waals surface area contributed by atoms with Crippen LogP contribution in [0.5, 0.6) is 0 Å². The first kappa shape index (κ1) is 17.2. The van der Waals surface area contributed by atoms with E-state index in [2.05, 4.69) is 17.6 Å². The van der Waals surface area contributed by atoms with Crippen molar-refractivity contribution in [2.24, 2.45) is 0 Å². The fourth-order valence-corrected chi connectivity index (χ4v) is 1.68. The Morgan fingerprint density at radius 2 is 1.81 bits per heavy atom. The number of ether oxygens (including phenoxy) is 1. The number of hydrogen-bond donors (Lipinski definition) is 2. The van der Waals surface area contributed by atoms with E-state index in [4.69, 9.17) is 4.74 Å². The molecule has 0 saturated carbocycles. The molecule has 1 aromatic carbocycles. The van der Waals surface area contributed by atoms with Crippen molar-refractivity contribution in [1.29, 1.82) is 0 Å². The molecule has 2 N–H and O–H groups in total. The predicted octanol–water partition coefficient (Wildman–Crippen LogP) is 2.58. The summed E-state index contributed by atoms with van der Waals surface area (Å²) in [6.45, 7) is 5.60. The van der Waals surface area contributed by atoms with E-state index in [1.54, 1.807) is 24.3 Å². The smallest absolute Gasteiger partial charge is 0.338 e. The number of amides is 1. The molecule has 0 radical (unpaired) electrons. The summed E-state index contributed by atoms with van der Waals surface area (Å²) in [5, 5.41) is 5.85. The standard InChI is InChI=1S/C16H24N2O3/c1-3-5-10-17-12-15(19)18-14-8-6-13(7-9-14)16(20)21-11-4-2/h6-9,17H,3-5,10-12H2,1-2H3,(H,18,19). The molecule has 5 heteroatoms. The normalized spacial score (nSPS) is 10.2. The van der Waals surface area contributed by atoms with Crippen molar-refractivity contribution >= 4 is 17.6 Å². The van der Waals surface area contributed by atoms with Crippen LogP contribution in [0.3, 0.4) is 0 Å². The van der Waals surface area contributed by atoms with E-state index in [9.17, 15) is 9.59 Å². The van der Waals surface area contributed by atoms with Gasteiger partial charge in [-0.1, -0.05) is 20.3 Å². The van der Waals surface area contributed by atoms with Gasteiger partial charge in [0.1, 0.15) is 0 Å². The second-order valence-corrected chi connectivity index (χ2v) is 4.79. The first-order chi connectivity index (χ1) is 10.2.